The highest BCUT2D eigenvalue weighted by Crippen LogP contribution is 2.30. The van der Waals surface area contributed by atoms with E-state index >= 15 is 0 Å². The van der Waals surface area contributed by atoms with Gasteiger partial charge in [0.1, 0.15) is 24.1 Å². The molecule has 2 rings (SSSR count). The van der Waals surface area contributed by atoms with Gasteiger partial charge in [-0.05, 0) is 48.7 Å². The van der Waals surface area contributed by atoms with E-state index in [-0.39, 0.29) is 23.2 Å². The van der Waals surface area contributed by atoms with Gasteiger partial charge < -0.3 is 19.7 Å². The Morgan fingerprint density at radius 2 is 1.73 bits per heavy atom. The fourth-order valence-corrected chi connectivity index (χ4v) is 4.87. The zero-order valence-corrected chi connectivity index (χ0v) is 23.6. The van der Waals surface area contributed by atoms with Crippen LogP contribution in [0.25, 0.3) is 0 Å². The molecule has 37 heavy (non-hydrogen) atoms. The van der Waals surface area contributed by atoms with Gasteiger partial charge in [0.15, 0.2) is 0 Å². The number of unbranched alkanes of at least 4 members (excludes halogenated alkanes) is 1. The third-order valence-electron chi connectivity index (χ3n) is 5.83. The van der Waals surface area contributed by atoms with Crippen LogP contribution in [-0.4, -0.2) is 64.7 Å². The minimum Gasteiger partial charge on any atom is -0.497 e. The molecule has 2 amide bonds. The van der Waals surface area contributed by atoms with E-state index < -0.39 is 28.5 Å². The van der Waals surface area contributed by atoms with Crippen LogP contribution in [0, 0.1) is 0 Å². The Bertz CT molecular complexity index is 1160. The number of hydrogen-bond acceptors (Lipinski definition) is 6. The standard InChI is InChI=1S/C26H36ClN3O6S/c1-6-8-15-28-26(32)23(7-2)29(17-19-9-12-21(35-3)13-10-19)25(31)18-30(37(5,33)34)20-11-14-24(36-4)22(27)16-20/h9-14,16,23H,6-8,15,17-18H2,1-5H3,(H,28,32)/t23-/m0/s1. The van der Waals surface area contributed by atoms with Crippen LogP contribution in [0.4, 0.5) is 5.69 Å². The van der Waals surface area contributed by atoms with E-state index in [4.69, 9.17) is 21.1 Å². The fourth-order valence-electron chi connectivity index (χ4n) is 3.78. The number of nitrogens with zero attached hydrogens (tertiary/aromatic N) is 2. The number of halogens is 1. The Hall–Kier alpha value is -2.98. The number of carbonyl (C=O) groups excluding carboxylic acids is 2. The first kappa shape index (κ1) is 30.2. The van der Waals surface area contributed by atoms with Gasteiger partial charge in [-0.15, -0.1) is 0 Å². The molecule has 9 nitrogen and oxygen atoms in total. The molecule has 0 aliphatic heterocycles. The molecule has 0 saturated carbocycles. The number of amides is 2. The summed E-state index contributed by atoms with van der Waals surface area (Å²) >= 11 is 6.22. The quantitative estimate of drug-likeness (QED) is 0.356. The van der Waals surface area contributed by atoms with Gasteiger partial charge in [0, 0.05) is 13.1 Å². The van der Waals surface area contributed by atoms with Crippen LogP contribution >= 0.6 is 11.6 Å². The van der Waals surface area contributed by atoms with E-state index in [1.807, 2.05) is 13.8 Å². The van der Waals surface area contributed by atoms with E-state index in [1.165, 1.54) is 30.2 Å². The lowest BCUT2D eigenvalue weighted by Crippen LogP contribution is -2.52. The lowest BCUT2D eigenvalue weighted by Gasteiger charge is -2.33. The van der Waals surface area contributed by atoms with Crippen LogP contribution in [0.2, 0.25) is 5.02 Å². The molecule has 1 N–H and O–H groups in total. The van der Waals surface area contributed by atoms with Gasteiger partial charge in [-0.1, -0.05) is 44.0 Å². The SMILES string of the molecule is CCCCNC(=O)[C@H](CC)N(Cc1ccc(OC)cc1)C(=O)CN(c1ccc(OC)c(Cl)c1)S(C)(=O)=O. The van der Waals surface area contributed by atoms with Gasteiger partial charge in [0.05, 0.1) is 31.2 Å². The summed E-state index contributed by atoms with van der Waals surface area (Å²) in [6, 6.07) is 10.8. The summed E-state index contributed by atoms with van der Waals surface area (Å²) in [5.74, 6) is 0.230. The molecule has 2 aromatic carbocycles. The van der Waals surface area contributed by atoms with Crippen molar-refractivity contribution in [1.82, 2.24) is 10.2 Å². The third kappa shape index (κ3) is 8.53. The van der Waals surface area contributed by atoms with Crippen molar-refractivity contribution in [2.24, 2.45) is 0 Å². The highest BCUT2D eigenvalue weighted by molar-refractivity contribution is 7.92. The maximum atomic E-state index is 13.7. The van der Waals surface area contributed by atoms with E-state index in [1.54, 1.807) is 31.4 Å². The normalized spacial score (nSPS) is 11.9. The molecule has 11 heteroatoms. The van der Waals surface area contributed by atoms with Crippen molar-refractivity contribution in [2.75, 3.05) is 37.9 Å². The van der Waals surface area contributed by atoms with Crippen LogP contribution in [-0.2, 0) is 26.2 Å². The van der Waals surface area contributed by atoms with Crippen molar-refractivity contribution in [3.8, 4) is 11.5 Å². The predicted molar refractivity (Wildman–Crippen MR) is 146 cm³/mol. The number of ether oxygens (including phenoxy) is 2. The predicted octanol–water partition coefficient (Wildman–Crippen LogP) is 3.85. The average Bonchev–Trinajstić information content (AvgIpc) is 2.86. The van der Waals surface area contributed by atoms with Crippen molar-refractivity contribution in [1.29, 1.82) is 0 Å². The van der Waals surface area contributed by atoms with Gasteiger partial charge in [0.2, 0.25) is 21.8 Å². The molecule has 0 fully saturated rings. The van der Waals surface area contributed by atoms with Crippen molar-refractivity contribution >= 4 is 39.1 Å². The van der Waals surface area contributed by atoms with Crippen LogP contribution in [0.1, 0.15) is 38.7 Å². The summed E-state index contributed by atoms with van der Waals surface area (Å²) in [4.78, 5) is 28.2. The molecule has 0 saturated heterocycles. The number of sulfonamides is 1. The average molecular weight is 554 g/mol. The highest BCUT2D eigenvalue weighted by atomic mass is 35.5. The summed E-state index contributed by atoms with van der Waals surface area (Å²) in [5, 5.41) is 3.10. The molecule has 0 spiro atoms. The first-order valence-corrected chi connectivity index (χ1v) is 14.3. The van der Waals surface area contributed by atoms with E-state index in [2.05, 4.69) is 5.32 Å². The molecule has 0 heterocycles. The van der Waals surface area contributed by atoms with Crippen LogP contribution < -0.4 is 19.1 Å². The first-order valence-electron chi connectivity index (χ1n) is 12.1. The van der Waals surface area contributed by atoms with Gasteiger partial charge in [-0.2, -0.15) is 0 Å². The van der Waals surface area contributed by atoms with Crippen LogP contribution in [0.3, 0.4) is 0 Å². The molecule has 1 atom stereocenters. The second-order valence-electron chi connectivity index (χ2n) is 8.53. The number of benzene rings is 2. The lowest BCUT2D eigenvalue weighted by atomic mass is 10.1. The van der Waals surface area contributed by atoms with E-state index in [9.17, 15) is 18.0 Å². The molecule has 0 bridgehead atoms. The zero-order valence-electron chi connectivity index (χ0n) is 22.0. The Balaban J connectivity index is 2.42. The largest absolute Gasteiger partial charge is 0.497 e. The van der Waals surface area contributed by atoms with Gasteiger partial charge in [-0.25, -0.2) is 8.42 Å². The molecule has 0 aliphatic carbocycles. The summed E-state index contributed by atoms with van der Waals surface area (Å²) in [6.45, 7) is 3.94. The Labute approximate surface area is 224 Å². The second-order valence-corrected chi connectivity index (χ2v) is 10.8. The van der Waals surface area contributed by atoms with E-state index in [0.717, 1.165) is 29.0 Å². The van der Waals surface area contributed by atoms with Gasteiger partial charge in [-0.3, -0.25) is 13.9 Å². The van der Waals surface area contributed by atoms with Crippen LogP contribution in [0.15, 0.2) is 42.5 Å². The second kappa shape index (κ2) is 14.1. The van der Waals surface area contributed by atoms with Crippen molar-refractivity contribution in [2.45, 2.75) is 45.7 Å². The zero-order chi connectivity index (χ0) is 27.6. The molecular weight excluding hydrogens is 518 g/mol. The minimum atomic E-state index is -3.87. The molecule has 0 radical (unpaired) electrons. The van der Waals surface area contributed by atoms with Crippen molar-refractivity contribution < 1.29 is 27.5 Å². The summed E-state index contributed by atoms with van der Waals surface area (Å²) in [7, 11) is -0.856. The van der Waals surface area contributed by atoms with E-state index in [0.29, 0.717) is 24.5 Å². The molecule has 204 valence electrons. The maximum absolute atomic E-state index is 13.7. The van der Waals surface area contributed by atoms with Crippen molar-refractivity contribution in [3.05, 3.63) is 53.1 Å². The summed E-state index contributed by atoms with van der Waals surface area (Å²) in [5.41, 5.74) is 0.985. The summed E-state index contributed by atoms with van der Waals surface area (Å²) in [6.07, 6.45) is 3.10. The molecule has 0 unspecified atom stereocenters. The van der Waals surface area contributed by atoms with Crippen LogP contribution in [0.5, 0.6) is 11.5 Å². The number of nitrogens with one attached hydrogen (secondary N) is 1. The number of anilines is 1. The number of methoxy groups -OCH3 is 2. The number of carbonyl (C=O) groups is 2. The Kier molecular flexibility index (Phi) is 11.5. The van der Waals surface area contributed by atoms with Gasteiger partial charge in [0.25, 0.3) is 0 Å². The summed E-state index contributed by atoms with van der Waals surface area (Å²) < 4.78 is 36.8. The molecular formula is C26H36ClN3O6S. The fraction of sp³-hybridized carbons (Fsp3) is 0.462. The highest BCUT2D eigenvalue weighted by Gasteiger charge is 2.31. The van der Waals surface area contributed by atoms with Crippen molar-refractivity contribution in [3.63, 3.8) is 0 Å². The Morgan fingerprint density at radius 3 is 2.24 bits per heavy atom. The maximum Gasteiger partial charge on any atom is 0.244 e. The number of rotatable bonds is 14. The minimum absolute atomic E-state index is 0.115. The lowest BCUT2D eigenvalue weighted by molar-refractivity contribution is -0.140. The van der Waals surface area contributed by atoms with Gasteiger partial charge >= 0.3 is 0 Å². The third-order valence-corrected chi connectivity index (χ3v) is 7.27. The monoisotopic (exact) mass is 553 g/mol. The topological polar surface area (TPSA) is 105 Å². The smallest absolute Gasteiger partial charge is 0.244 e. The molecule has 2 aromatic rings. The first-order chi connectivity index (χ1) is 17.5. The number of hydrogen-bond donors (Lipinski definition) is 1. The molecule has 0 aliphatic rings. The Morgan fingerprint density at radius 1 is 1.05 bits per heavy atom. The molecule has 0 aromatic heterocycles.